The predicted octanol–water partition coefficient (Wildman–Crippen LogP) is 2.55. The van der Waals surface area contributed by atoms with Gasteiger partial charge < -0.3 is 20.1 Å². The Balaban J connectivity index is 2.01. The smallest absolute Gasteiger partial charge is 0.251 e. The van der Waals surface area contributed by atoms with Crippen molar-refractivity contribution in [2.45, 2.75) is 6.54 Å². The van der Waals surface area contributed by atoms with E-state index in [1.165, 1.54) is 7.11 Å². The molecule has 0 aromatic heterocycles. The predicted molar refractivity (Wildman–Crippen MR) is 99.7 cm³/mol. The second kappa shape index (κ2) is 9.27. The van der Waals surface area contributed by atoms with Crippen LogP contribution in [0.2, 0.25) is 0 Å². The lowest BCUT2D eigenvalue weighted by atomic mass is 10.1. The highest BCUT2D eigenvalue weighted by Crippen LogP contribution is 2.28. The summed E-state index contributed by atoms with van der Waals surface area (Å²) in [5, 5.41) is 5.40. The molecule has 0 saturated carbocycles. The summed E-state index contributed by atoms with van der Waals surface area (Å²) < 4.78 is 10.7. The molecular formula is C20H22N2O4. The third kappa shape index (κ3) is 4.86. The zero-order chi connectivity index (χ0) is 18.9. The molecule has 0 radical (unpaired) electrons. The molecule has 136 valence electrons. The van der Waals surface area contributed by atoms with E-state index in [-0.39, 0.29) is 11.8 Å². The number of methoxy groups -OCH3 is 1. The number of amides is 2. The molecule has 0 aliphatic rings. The number of carbonyl (C=O) groups is 2. The average Bonchev–Trinajstić information content (AvgIpc) is 2.70. The van der Waals surface area contributed by atoms with Crippen molar-refractivity contribution in [2.24, 2.45) is 0 Å². The molecule has 2 rings (SSSR count). The quantitative estimate of drug-likeness (QED) is 0.714. The van der Waals surface area contributed by atoms with Crippen molar-refractivity contribution in [3.8, 4) is 11.5 Å². The van der Waals surface area contributed by atoms with Gasteiger partial charge in [-0.15, -0.1) is 0 Å². The Morgan fingerprint density at radius 1 is 1.04 bits per heavy atom. The number of hydrogen-bond donors (Lipinski definition) is 2. The fourth-order valence-corrected chi connectivity index (χ4v) is 2.28. The summed E-state index contributed by atoms with van der Waals surface area (Å²) in [6, 6.07) is 12.0. The van der Waals surface area contributed by atoms with Gasteiger partial charge in [-0.1, -0.05) is 24.8 Å². The number of hydrogen-bond acceptors (Lipinski definition) is 4. The lowest BCUT2D eigenvalue weighted by molar-refractivity contribution is 0.0945. The van der Waals surface area contributed by atoms with Crippen LogP contribution in [0.3, 0.4) is 0 Å². The van der Waals surface area contributed by atoms with E-state index in [2.05, 4.69) is 17.2 Å². The van der Waals surface area contributed by atoms with E-state index >= 15 is 0 Å². The van der Waals surface area contributed by atoms with Gasteiger partial charge in [0.15, 0.2) is 11.5 Å². The summed E-state index contributed by atoms with van der Waals surface area (Å²) in [7, 11) is 3.10. The highest BCUT2D eigenvalue weighted by Gasteiger charge is 2.11. The van der Waals surface area contributed by atoms with Gasteiger partial charge in [0.2, 0.25) is 0 Å². The molecular weight excluding hydrogens is 332 g/mol. The van der Waals surface area contributed by atoms with E-state index in [1.54, 1.807) is 55.6 Å². The molecule has 0 unspecified atom stereocenters. The zero-order valence-corrected chi connectivity index (χ0v) is 14.9. The summed E-state index contributed by atoms with van der Waals surface area (Å²) in [4.78, 5) is 23.9. The monoisotopic (exact) mass is 354 g/mol. The molecule has 6 heteroatoms. The maximum Gasteiger partial charge on any atom is 0.251 e. The standard InChI is InChI=1S/C20H22N2O4/c1-4-11-26-17-10-9-16(12-18(17)25-3)20(24)22-13-14-5-7-15(8-6-14)19(23)21-2/h4-10,12H,1,11,13H2,2-3H3,(H,21,23)(H,22,24). The highest BCUT2D eigenvalue weighted by molar-refractivity contribution is 5.95. The third-order valence-electron chi connectivity index (χ3n) is 3.68. The van der Waals surface area contributed by atoms with Crippen LogP contribution in [0.25, 0.3) is 0 Å². The normalized spacial score (nSPS) is 9.92. The lowest BCUT2D eigenvalue weighted by Gasteiger charge is -2.11. The molecule has 6 nitrogen and oxygen atoms in total. The molecule has 0 aliphatic carbocycles. The molecule has 0 spiro atoms. The number of nitrogens with one attached hydrogen (secondary N) is 2. The van der Waals surface area contributed by atoms with Crippen LogP contribution in [0.5, 0.6) is 11.5 Å². The van der Waals surface area contributed by atoms with Gasteiger partial charge in [0.1, 0.15) is 6.61 Å². The molecule has 2 amide bonds. The molecule has 2 N–H and O–H groups in total. The number of ether oxygens (including phenoxy) is 2. The number of rotatable bonds is 8. The lowest BCUT2D eigenvalue weighted by Crippen LogP contribution is -2.23. The van der Waals surface area contributed by atoms with Crippen LogP contribution >= 0.6 is 0 Å². The Labute approximate surface area is 152 Å². The summed E-state index contributed by atoms with van der Waals surface area (Å²) in [5.74, 6) is 0.656. The maximum absolute atomic E-state index is 12.3. The Hall–Kier alpha value is -3.28. The first-order valence-electron chi connectivity index (χ1n) is 8.10. The van der Waals surface area contributed by atoms with Crippen LogP contribution < -0.4 is 20.1 Å². The molecule has 0 bridgehead atoms. The van der Waals surface area contributed by atoms with Gasteiger partial charge in [0.25, 0.3) is 11.8 Å². The topological polar surface area (TPSA) is 76.7 Å². The fourth-order valence-electron chi connectivity index (χ4n) is 2.28. The molecule has 0 heterocycles. The first-order chi connectivity index (χ1) is 12.6. The SMILES string of the molecule is C=CCOc1ccc(C(=O)NCc2ccc(C(=O)NC)cc2)cc1OC. The van der Waals surface area contributed by atoms with Gasteiger partial charge in [0, 0.05) is 24.7 Å². The summed E-state index contributed by atoms with van der Waals surface area (Å²) in [5.41, 5.74) is 1.93. The maximum atomic E-state index is 12.3. The highest BCUT2D eigenvalue weighted by atomic mass is 16.5. The van der Waals surface area contributed by atoms with Crippen molar-refractivity contribution in [1.82, 2.24) is 10.6 Å². The van der Waals surface area contributed by atoms with Crippen LogP contribution in [0.15, 0.2) is 55.1 Å². The minimum atomic E-state index is -0.228. The van der Waals surface area contributed by atoms with Crippen LogP contribution in [0, 0.1) is 0 Å². The molecule has 0 aliphatic heterocycles. The van der Waals surface area contributed by atoms with Gasteiger partial charge in [0.05, 0.1) is 7.11 Å². The minimum Gasteiger partial charge on any atom is -0.493 e. The first-order valence-corrected chi connectivity index (χ1v) is 8.10. The Morgan fingerprint density at radius 3 is 2.35 bits per heavy atom. The first kappa shape index (κ1) is 19.1. The van der Waals surface area contributed by atoms with E-state index in [4.69, 9.17) is 9.47 Å². The van der Waals surface area contributed by atoms with Crippen molar-refractivity contribution in [2.75, 3.05) is 20.8 Å². The van der Waals surface area contributed by atoms with Crippen LogP contribution in [0.4, 0.5) is 0 Å². The van der Waals surface area contributed by atoms with Crippen molar-refractivity contribution in [1.29, 1.82) is 0 Å². The van der Waals surface area contributed by atoms with E-state index in [0.29, 0.717) is 35.8 Å². The van der Waals surface area contributed by atoms with Gasteiger partial charge in [-0.3, -0.25) is 9.59 Å². The van der Waals surface area contributed by atoms with Gasteiger partial charge in [-0.05, 0) is 35.9 Å². The van der Waals surface area contributed by atoms with E-state index < -0.39 is 0 Å². The Kier molecular flexibility index (Phi) is 6.79. The van der Waals surface area contributed by atoms with Crippen LogP contribution in [-0.2, 0) is 6.54 Å². The molecule has 0 atom stereocenters. The van der Waals surface area contributed by atoms with E-state index in [1.807, 2.05) is 0 Å². The van der Waals surface area contributed by atoms with Gasteiger partial charge in [-0.2, -0.15) is 0 Å². The Bertz CT molecular complexity index is 785. The minimum absolute atomic E-state index is 0.147. The number of benzene rings is 2. The second-order valence-corrected chi connectivity index (χ2v) is 5.42. The molecule has 26 heavy (non-hydrogen) atoms. The van der Waals surface area contributed by atoms with Crippen molar-refractivity contribution in [3.63, 3.8) is 0 Å². The summed E-state index contributed by atoms with van der Waals surface area (Å²) in [6.45, 7) is 4.30. The fraction of sp³-hybridized carbons (Fsp3) is 0.200. The largest absolute Gasteiger partial charge is 0.493 e. The van der Waals surface area contributed by atoms with Crippen molar-refractivity contribution < 1.29 is 19.1 Å². The summed E-state index contributed by atoms with van der Waals surface area (Å²) in [6.07, 6.45) is 1.63. The van der Waals surface area contributed by atoms with Crippen molar-refractivity contribution in [3.05, 3.63) is 71.8 Å². The second-order valence-electron chi connectivity index (χ2n) is 5.42. The Morgan fingerprint density at radius 2 is 1.73 bits per heavy atom. The zero-order valence-electron chi connectivity index (χ0n) is 14.9. The van der Waals surface area contributed by atoms with E-state index in [0.717, 1.165) is 5.56 Å². The molecule has 0 fully saturated rings. The molecule has 2 aromatic rings. The molecule has 0 saturated heterocycles. The third-order valence-corrected chi connectivity index (χ3v) is 3.68. The van der Waals surface area contributed by atoms with Crippen molar-refractivity contribution >= 4 is 11.8 Å². The molecule has 2 aromatic carbocycles. The van der Waals surface area contributed by atoms with Crippen LogP contribution in [0.1, 0.15) is 26.3 Å². The van der Waals surface area contributed by atoms with Gasteiger partial charge >= 0.3 is 0 Å². The average molecular weight is 354 g/mol. The number of carbonyl (C=O) groups excluding carboxylic acids is 2. The van der Waals surface area contributed by atoms with Crippen LogP contribution in [-0.4, -0.2) is 32.6 Å². The van der Waals surface area contributed by atoms with Gasteiger partial charge in [-0.25, -0.2) is 0 Å². The summed E-state index contributed by atoms with van der Waals surface area (Å²) >= 11 is 0. The van der Waals surface area contributed by atoms with E-state index in [9.17, 15) is 9.59 Å².